The Kier molecular flexibility index (Phi) is 8.88. The molecule has 0 aliphatic heterocycles. The van der Waals surface area contributed by atoms with Gasteiger partial charge in [-0.3, -0.25) is 4.68 Å². The molecule has 23 heavy (non-hydrogen) atoms. The number of hydrogen-bond donors (Lipinski definition) is 3. The number of guanidine groups is 1. The topological polar surface area (TPSA) is 74.5 Å². The van der Waals surface area contributed by atoms with Gasteiger partial charge < -0.3 is 15.7 Å². The van der Waals surface area contributed by atoms with E-state index in [1.54, 1.807) is 16.9 Å². The Morgan fingerprint density at radius 1 is 1.43 bits per heavy atom. The first-order valence-corrected chi connectivity index (χ1v) is 8.22. The van der Waals surface area contributed by atoms with Crippen LogP contribution in [0, 0.1) is 0 Å². The minimum atomic E-state index is -0.613. The van der Waals surface area contributed by atoms with Crippen LogP contribution in [0.2, 0.25) is 4.34 Å². The van der Waals surface area contributed by atoms with Crippen LogP contribution in [0.25, 0.3) is 0 Å². The SMILES string of the molecule is CCNC(=NCc1ccnn1C)NCC(O)c1ccc(Cl)s1.I. The molecule has 128 valence electrons. The summed E-state index contributed by atoms with van der Waals surface area (Å²) in [6.45, 7) is 3.63. The van der Waals surface area contributed by atoms with Crippen LogP contribution in [0.5, 0.6) is 0 Å². The molecule has 0 bridgehead atoms. The number of aromatic nitrogens is 2. The second kappa shape index (κ2) is 10.1. The predicted molar refractivity (Wildman–Crippen MR) is 106 cm³/mol. The summed E-state index contributed by atoms with van der Waals surface area (Å²) < 4.78 is 2.46. The maximum atomic E-state index is 10.1. The van der Waals surface area contributed by atoms with Gasteiger partial charge in [0.05, 0.1) is 16.6 Å². The molecule has 0 saturated heterocycles. The Balaban J connectivity index is 0.00000264. The van der Waals surface area contributed by atoms with Gasteiger partial charge in [0.15, 0.2) is 5.96 Å². The van der Waals surface area contributed by atoms with Crippen LogP contribution in [-0.2, 0) is 13.6 Å². The normalized spacial score (nSPS) is 12.6. The summed E-state index contributed by atoms with van der Waals surface area (Å²) in [7, 11) is 1.88. The Bertz CT molecular complexity index is 630. The highest BCUT2D eigenvalue weighted by Crippen LogP contribution is 2.26. The van der Waals surface area contributed by atoms with Crippen LogP contribution in [0.4, 0.5) is 0 Å². The molecule has 0 amide bonds. The van der Waals surface area contributed by atoms with E-state index >= 15 is 0 Å². The van der Waals surface area contributed by atoms with Crippen molar-refractivity contribution in [2.45, 2.75) is 19.6 Å². The molecular weight excluding hydrogens is 449 g/mol. The lowest BCUT2D eigenvalue weighted by atomic mass is 10.3. The molecule has 6 nitrogen and oxygen atoms in total. The van der Waals surface area contributed by atoms with Crippen molar-refractivity contribution in [3.05, 3.63) is 39.3 Å². The third-order valence-electron chi connectivity index (χ3n) is 3.05. The molecule has 0 fully saturated rings. The average Bonchev–Trinajstić information content (AvgIpc) is 3.10. The third-order valence-corrected chi connectivity index (χ3v) is 4.38. The van der Waals surface area contributed by atoms with Crippen molar-refractivity contribution in [1.82, 2.24) is 20.4 Å². The summed E-state index contributed by atoms with van der Waals surface area (Å²) in [5.74, 6) is 0.658. The van der Waals surface area contributed by atoms with Crippen LogP contribution in [0.1, 0.15) is 23.6 Å². The molecule has 0 aliphatic carbocycles. The van der Waals surface area contributed by atoms with Crippen LogP contribution in [0.3, 0.4) is 0 Å². The number of aliphatic imine (C=N–C) groups is 1. The van der Waals surface area contributed by atoms with Crippen molar-refractivity contribution in [1.29, 1.82) is 0 Å². The number of rotatable bonds is 6. The molecule has 0 radical (unpaired) electrons. The fraction of sp³-hybridized carbons (Fsp3) is 0.429. The molecule has 2 rings (SSSR count). The van der Waals surface area contributed by atoms with E-state index in [-0.39, 0.29) is 24.0 Å². The molecule has 9 heteroatoms. The smallest absolute Gasteiger partial charge is 0.191 e. The maximum Gasteiger partial charge on any atom is 0.191 e. The zero-order valence-corrected chi connectivity index (χ0v) is 16.9. The number of nitrogens with zero attached hydrogens (tertiary/aromatic N) is 3. The van der Waals surface area contributed by atoms with Gasteiger partial charge in [-0.2, -0.15) is 5.10 Å². The van der Waals surface area contributed by atoms with E-state index in [0.717, 1.165) is 17.1 Å². The van der Waals surface area contributed by atoms with E-state index in [4.69, 9.17) is 11.6 Å². The highest BCUT2D eigenvalue weighted by atomic mass is 127. The first kappa shape index (κ1) is 20.2. The van der Waals surface area contributed by atoms with Crippen LogP contribution in [-0.4, -0.2) is 33.9 Å². The Morgan fingerprint density at radius 2 is 2.22 bits per heavy atom. The predicted octanol–water partition coefficient (Wildman–Crippen LogP) is 2.54. The molecule has 0 aliphatic rings. The van der Waals surface area contributed by atoms with Gasteiger partial charge in [0, 0.05) is 31.2 Å². The third kappa shape index (κ3) is 6.28. The van der Waals surface area contributed by atoms with Gasteiger partial charge in [-0.15, -0.1) is 35.3 Å². The summed E-state index contributed by atoms with van der Waals surface area (Å²) in [6, 6.07) is 5.54. The maximum absolute atomic E-state index is 10.1. The lowest BCUT2D eigenvalue weighted by Gasteiger charge is -2.14. The van der Waals surface area contributed by atoms with E-state index < -0.39 is 6.10 Å². The summed E-state index contributed by atoms with van der Waals surface area (Å²) in [5, 5.41) is 20.5. The van der Waals surface area contributed by atoms with Gasteiger partial charge >= 0.3 is 0 Å². The highest BCUT2D eigenvalue weighted by molar-refractivity contribution is 14.0. The van der Waals surface area contributed by atoms with Gasteiger partial charge in [0.25, 0.3) is 0 Å². The van der Waals surface area contributed by atoms with Gasteiger partial charge in [-0.1, -0.05) is 11.6 Å². The van der Waals surface area contributed by atoms with Crippen molar-refractivity contribution in [3.8, 4) is 0 Å². The number of halogens is 2. The number of hydrogen-bond acceptors (Lipinski definition) is 4. The number of aliphatic hydroxyl groups is 1. The molecule has 2 aromatic heterocycles. The molecule has 2 aromatic rings. The van der Waals surface area contributed by atoms with Crippen LogP contribution < -0.4 is 10.6 Å². The fourth-order valence-electron chi connectivity index (χ4n) is 1.86. The van der Waals surface area contributed by atoms with Crippen molar-refractivity contribution in [3.63, 3.8) is 0 Å². The van der Waals surface area contributed by atoms with Gasteiger partial charge in [0.1, 0.15) is 6.10 Å². The number of thiophene rings is 1. The van der Waals surface area contributed by atoms with E-state index in [1.165, 1.54) is 11.3 Å². The van der Waals surface area contributed by atoms with E-state index in [1.807, 2.05) is 26.1 Å². The molecule has 1 unspecified atom stereocenters. The Labute approximate surface area is 162 Å². The minimum absolute atomic E-state index is 0. The first-order chi connectivity index (χ1) is 10.6. The number of aliphatic hydroxyl groups excluding tert-OH is 1. The number of aryl methyl sites for hydroxylation is 1. The molecule has 0 aromatic carbocycles. The highest BCUT2D eigenvalue weighted by Gasteiger charge is 2.11. The average molecular weight is 470 g/mol. The summed E-state index contributed by atoms with van der Waals surface area (Å²) >= 11 is 7.26. The van der Waals surface area contributed by atoms with Crippen LogP contribution >= 0.6 is 46.9 Å². The van der Waals surface area contributed by atoms with Gasteiger partial charge in [0.2, 0.25) is 0 Å². The van der Waals surface area contributed by atoms with Crippen molar-refractivity contribution in [2.75, 3.05) is 13.1 Å². The first-order valence-electron chi connectivity index (χ1n) is 7.02. The van der Waals surface area contributed by atoms with Gasteiger partial charge in [-0.05, 0) is 25.1 Å². The molecule has 0 saturated carbocycles. The van der Waals surface area contributed by atoms with Crippen LogP contribution in [0.15, 0.2) is 29.4 Å². The standard InChI is InChI=1S/C14H20ClN5OS.HI/c1-3-16-14(17-8-10-6-7-19-20(10)2)18-9-11(21)12-4-5-13(15)22-12;/h4-7,11,21H,3,8-9H2,1-2H3,(H2,16,17,18);1H. The molecular formula is C14H21ClIN5OS. The fourth-order valence-corrected chi connectivity index (χ4v) is 2.91. The molecule has 2 heterocycles. The van der Waals surface area contributed by atoms with E-state index in [9.17, 15) is 5.11 Å². The molecule has 1 atom stereocenters. The van der Waals surface area contributed by atoms with Gasteiger partial charge in [-0.25, -0.2) is 4.99 Å². The van der Waals surface area contributed by atoms with Crippen molar-refractivity contribution in [2.24, 2.45) is 12.0 Å². The second-order valence-corrected chi connectivity index (χ2v) is 6.43. The van der Waals surface area contributed by atoms with Crippen molar-refractivity contribution < 1.29 is 5.11 Å². The Hall–Kier alpha value is -0.840. The zero-order chi connectivity index (χ0) is 15.9. The molecule has 0 spiro atoms. The Morgan fingerprint density at radius 3 is 2.78 bits per heavy atom. The monoisotopic (exact) mass is 469 g/mol. The van der Waals surface area contributed by atoms with E-state index in [2.05, 4.69) is 20.7 Å². The lowest BCUT2D eigenvalue weighted by Crippen LogP contribution is -2.39. The summed E-state index contributed by atoms with van der Waals surface area (Å²) in [4.78, 5) is 5.32. The second-order valence-electron chi connectivity index (χ2n) is 4.68. The molecule has 3 N–H and O–H groups in total. The zero-order valence-electron chi connectivity index (χ0n) is 13.0. The number of nitrogens with one attached hydrogen (secondary N) is 2. The lowest BCUT2D eigenvalue weighted by molar-refractivity contribution is 0.184. The quantitative estimate of drug-likeness (QED) is 0.345. The van der Waals surface area contributed by atoms with E-state index in [0.29, 0.717) is 23.4 Å². The largest absolute Gasteiger partial charge is 0.386 e. The summed E-state index contributed by atoms with van der Waals surface area (Å²) in [6.07, 6.45) is 1.13. The summed E-state index contributed by atoms with van der Waals surface area (Å²) in [5.41, 5.74) is 1.02. The minimum Gasteiger partial charge on any atom is -0.386 e. The van der Waals surface area contributed by atoms with Crippen molar-refractivity contribution >= 4 is 52.9 Å².